The van der Waals surface area contributed by atoms with Gasteiger partial charge in [-0.3, -0.25) is 0 Å². The van der Waals surface area contributed by atoms with E-state index in [9.17, 15) is 8.42 Å². The fourth-order valence-corrected chi connectivity index (χ4v) is 3.00. The van der Waals surface area contributed by atoms with Crippen molar-refractivity contribution < 1.29 is 8.42 Å². The third kappa shape index (κ3) is 4.64. The summed E-state index contributed by atoms with van der Waals surface area (Å²) in [5, 5.41) is 8.50. The van der Waals surface area contributed by atoms with Crippen LogP contribution in [-0.2, 0) is 16.6 Å². The number of hydrogen-bond acceptors (Lipinski definition) is 3. The molecule has 0 radical (unpaired) electrons. The standard InChI is InChI=1S/C15H17BrN2O2S/c1-11(13-5-3-6-14(16)9-13)18-10-12-4-2-7-15(8-12)21(17,19)20/h2-9,11,18H,10H2,1H3,(H2,17,19,20). The highest BCUT2D eigenvalue weighted by atomic mass is 79.9. The van der Waals surface area contributed by atoms with Gasteiger partial charge in [0, 0.05) is 17.1 Å². The van der Waals surface area contributed by atoms with Gasteiger partial charge in [-0.05, 0) is 42.3 Å². The average molecular weight is 369 g/mol. The van der Waals surface area contributed by atoms with E-state index in [-0.39, 0.29) is 10.9 Å². The Morgan fingerprint density at radius 2 is 1.90 bits per heavy atom. The molecule has 1 atom stereocenters. The molecule has 0 aliphatic carbocycles. The van der Waals surface area contributed by atoms with Crippen molar-refractivity contribution in [1.82, 2.24) is 5.32 Å². The van der Waals surface area contributed by atoms with Crippen LogP contribution in [0.25, 0.3) is 0 Å². The quantitative estimate of drug-likeness (QED) is 0.851. The molecule has 0 amide bonds. The molecule has 6 heteroatoms. The van der Waals surface area contributed by atoms with Gasteiger partial charge in [0.2, 0.25) is 10.0 Å². The Morgan fingerprint density at radius 1 is 1.19 bits per heavy atom. The van der Waals surface area contributed by atoms with E-state index in [0.29, 0.717) is 6.54 Å². The molecule has 0 spiro atoms. The van der Waals surface area contributed by atoms with E-state index in [1.54, 1.807) is 12.1 Å². The first kappa shape index (κ1) is 16.2. The van der Waals surface area contributed by atoms with E-state index in [1.165, 1.54) is 6.07 Å². The Balaban J connectivity index is 2.06. The molecule has 0 aromatic heterocycles. The van der Waals surface area contributed by atoms with Gasteiger partial charge in [0.1, 0.15) is 0 Å². The Hall–Kier alpha value is -1.21. The predicted molar refractivity (Wildman–Crippen MR) is 87.2 cm³/mol. The lowest BCUT2D eigenvalue weighted by Gasteiger charge is -2.15. The molecule has 0 heterocycles. The van der Waals surface area contributed by atoms with Crippen molar-refractivity contribution in [3.63, 3.8) is 0 Å². The normalized spacial score (nSPS) is 13.1. The lowest BCUT2D eigenvalue weighted by Crippen LogP contribution is -2.18. The van der Waals surface area contributed by atoms with Crippen LogP contribution in [0.4, 0.5) is 0 Å². The summed E-state index contributed by atoms with van der Waals surface area (Å²) in [5.74, 6) is 0. The number of sulfonamides is 1. The Morgan fingerprint density at radius 3 is 2.57 bits per heavy atom. The second kappa shape index (κ2) is 6.70. The molecule has 0 saturated carbocycles. The minimum Gasteiger partial charge on any atom is -0.306 e. The van der Waals surface area contributed by atoms with E-state index in [0.717, 1.165) is 15.6 Å². The van der Waals surface area contributed by atoms with Crippen LogP contribution in [0.2, 0.25) is 0 Å². The van der Waals surface area contributed by atoms with Gasteiger partial charge in [0.15, 0.2) is 0 Å². The first-order chi connectivity index (χ1) is 9.86. The smallest absolute Gasteiger partial charge is 0.238 e. The van der Waals surface area contributed by atoms with Crippen LogP contribution in [0.3, 0.4) is 0 Å². The second-order valence-electron chi connectivity index (χ2n) is 4.85. The molecule has 4 nitrogen and oxygen atoms in total. The summed E-state index contributed by atoms with van der Waals surface area (Å²) in [6.07, 6.45) is 0. The number of nitrogens with one attached hydrogen (secondary N) is 1. The van der Waals surface area contributed by atoms with Gasteiger partial charge in [0.25, 0.3) is 0 Å². The number of hydrogen-bond donors (Lipinski definition) is 2. The van der Waals surface area contributed by atoms with Crippen LogP contribution in [0, 0.1) is 0 Å². The number of primary sulfonamides is 1. The molecule has 0 aliphatic rings. The van der Waals surface area contributed by atoms with Crippen molar-refractivity contribution in [3.8, 4) is 0 Å². The first-order valence-electron chi connectivity index (χ1n) is 6.47. The number of rotatable bonds is 5. The van der Waals surface area contributed by atoms with Crippen LogP contribution in [0.1, 0.15) is 24.1 Å². The fraction of sp³-hybridized carbons (Fsp3) is 0.200. The van der Waals surface area contributed by atoms with E-state index >= 15 is 0 Å². The Kier molecular flexibility index (Phi) is 5.16. The Bertz CT molecular complexity index is 732. The van der Waals surface area contributed by atoms with Crippen molar-refractivity contribution in [1.29, 1.82) is 0 Å². The molecular weight excluding hydrogens is 352 g/mol. The van der Waals surface area contributed by atoms with Crippen molar-refractivity contribution >= 4 is 26.0 Å². The summed E-state index contributed by atoms with van der Waals surface area (Å²) in [5.41, 5.74) is 2.04. The highest BCUT2D eigenvalue weighted by molar-refractivity contribution is 9.10. The second-order valence-corrected chi connectivity index (χ2v) is 7.33. The summed E-state index contributed by atoms with van der Waals surface area (Å²) in [4.78, 5) is 0.136. The highest BCUT2D eigenvalue weighted by Gasteiger charge is 2.09. The van der Waals surface area contributed by atoms with Crippen molar-refractivity contribution in [2.45, 2.75) is 24.4 Å². The lowest BCUT2D eigenvalue weighted by atomic mass is 10.1. The maximum absolute atomic E-state index is 11.3. The topological polar surface area (TPSA) is 72.2 Å². The minimum atomic E-state index is -3.66. The molecule has 1 unspecified atom stereocenters. The summed E-state index contributed by atoms with van der Waals surface area (Å²) in [6, 6.07) is 14.9. The number of benzene rings is 2. The molecule has 112 valence electrons. The summed E-state index contributed by atoms with van der Waals surface area (Å²) >= 11 is 3.45. The Labute approximate surface area is 133 Å². The molecule has 0 aliphatic heterocycles. The van der Waals surface area contributed by atoms with E-state index in [1.807, 2.05) is 24.3 Å². The molecule has 2 rings (SSSR count). The van der Waals surface area contributed by atoms with Crippen LogP contribution >= 0.6 is 15.9 Å². The third-order valence-electron chi connectivity index (χ3n) is 3.19. The van der Waals surface area contributed by atoms with E-state index in [2.05, 4.69) is 34.2 Å². The maximum atomic E-state index is 11.3. The van der Waals surface area contributed by atoms with Crippen molar-refractivity contribution in [2.24, 2.45) is 5.14 Å². The van der Waals surface area contributed by atoms with Crippen LogP contribution in [0.15, 0.2) is 57.9 Å². The molecule has 0 bridgehead atoms. The van der Waals surface area contributed by atoms with Gasteiger partial charge < -0.3 is 5.32 Å². The minimum absolute atomic E-state index is 0.136. The fourth-order valence-electron chi connectivity index (χ4n) is 2.00. The zero-order valence-corrected chi connectivity index (χ0v) is 14.0. The first-order valence-corrected chi connectivity index (χ1v) is 8.81. The largest absolute Gasteiger partial charge is 0.306 e. The summed E-state index contributed by atoms with van der Waals surface area (Å²) < 4.78 is 23.7. The van der Waals surface area contributed by atoms with Crippen LogP contribution in [-0.4, -0.2) is 8.42 Å². The summed E-state index contributed by atoms with van der Waals surface area (Å²) in [7, 11) is -3.66. The zero-order valence-electron chi connectivity index (χ0n) is 11.6. The molecule has 2 aromatic carbocycles. The lowest BCUT2D eigenvalue weighted by molar-refractivity contribution is 0.573. The average Bonchev–Trinajstić information content (AvgIpc) is 2.44. The number of halogens is 1. The van der Waals surface area contributed by atoms with Gasteiger partial charge in [-0.25, -0.2) is 13.6 Å². The highest BCUT2D eigenvalue weighted by Crippen LogP contribution is 2.18. The molecule has 21 heavy (non-hydrogen) atoms. The number of nitrogens with two attached hydrogens (primary N) is 1. The zero-order chi connectivity index (χ0) is 15.5. The monoisotopic (exact) mass is 368 g/mol. The van der Waals surface area contributed by atoms with Crippen molar-refractivity contribution in [2.75, 3.05) is 0 Å². The van der Waals surface area contributed by atoms with Gasteiger partial charge in [-0.15, -0.1) is 0 Å². The van der Waals surface area contributed by atoms with Gasteiger partial charge in [-0.2, -0.15) is 0 Å². The third-order valence-corrected chi connectivity index (χ3v) is 4.59. The molecule has 0 saturated heterocycles. The van der Waals surface area contributed by atoms with E-state index < -0.39 is 10.0 Å². The molecule has 3 N–H and O–H groups in total. The summed E-state index contributed by atoms with van der Waals surface area (Å²) in [6.45, 7) is 2.63. The van der Waals surface area contributed by atoms with Crippen LogP contribution < -0.4 is 10.5 Å². The molecular formula is C15H17BrN2O2S. The predicted octanol–water partition coefficient (Wildman–Crippen LogP) is 2.95. The van der Waals surface area contributed by atoms with Crippen LogP contribution in [0.5, 0.6) is 0 Å². The maximum Gasteiger partial charge on any atom is 0.238 e. The SMILES string of the molecule is CC(NCc1cccc(S(N)(=O)=O)c1)c1cccc(Br)c1. The van der Waals surface area contributed by atoms with E-state index in [4.69, 9.17) is 5.14 Å². The molecule has 0 fully saturated rings. The van der Waals surface area contributed by atoms with Gasteiger partial charge in [-0.1, -0.05) is 40.2 Å². The van der Waals surface area contributed by atoms with Gasteiger partial charge >= 0.3 is 0 Å². The molecule has 2 aromatic rings. The van der Waals surface area contributed by atoms with Crippen molar-refractivity contribution in [3.05, 3.63) is 64.1 Å². The van der Waals surface area contributed by atoms with Gasteiger partial charge in [0.05, 0.1) is 4.90 Å².